The highest BCUT2D eigenvalue weighted by Gasteiger charge is 2.36. The third-order valence-corrected chi connectivity index (χ3v) is 9.35. The van der Waals surface area contributed by atoms with Gasteiger partial charge in [0.05, 0.1) is 33.9 Å². The summed E-state index contributed by atoms with van der Waals surface area (Å²) in [5.41, 5.74) is 1.14. The van der Waals surface area contributed by atoms with Crippen molar-refractivity contribution >= 4 is 27.0 Å². The van der Waals surface area contributed by atoms with Gasteiger partial charge in [0, 0.05) is 31.3 Å². The van der Waals surface area contributed by atoms with Crippen molar-refractivity contribution in [2.24, 2.45) is 11.8 Å². The smallest absolute Gasteiger partial charge is 0.283 e. The zero-order valence-electron chi connectivity index (χ0n) is 22.1. The molecule has 0 aliphatic heterocycles. The van der Waals surface area contributed by atoms with Crippen molar-refractivity contribution in [3.05, 3.63) is 42.0 Å². The third-order valence-electron chi connectivity index (χ3n) is 7.81. The van der Waals surface area contributed by atoms with Gasteiger partial charge >= 0.3 is 0 Å². The quantitative estimate of drug-likeness (QED) is 0.443. The monoisotopic (exact) mass is 547 g/mol. The van der Waals surface area contributed by atoms with E-state index in [0.29, 0.717) is 37.4 Å². The Morgan fingerprint density at radius 3 is 2.47 bits per heavy atom. The number of amides is 1. The van der Waals surface area contributed by atoms with Crippen LogP contribution < -0.4 is 5.32 Å². The third kappa shape index (κ3) is 5.34. The first-order chi connectivity index (χ1) is 17.8. The topological polar surface area (TPSA) is 98.9 Å². The predicted molar refractivity (Wildman–Crippen MR) is 140 cm³/mol. The molecule has 1 aromatic carbocycles. The molecule has 2 saturated carbocycles. The van der Waals surface area contributed by atoms with E-state index in [4.69, 9.17) is 4.98 Å². The van der Waals surface area contributed by atoms with E-state index in [0.717, 1.165) is 28.3 Å². The Kier molecular flexibility index (Phi) is 6.86. The van der Waals surface area contributed by atoms with Crippen LogP contribution in [0.5, 0.6) is 0 Å². The molecule has 2 heterocycles. The molecule has 2 fully saturated rings. The lowest BCUT2D eigenvalue weighted by Crippen LogP contribution is -2.32. The lowest BCUT2D eigenvalue weighted by atomic mass is 9.85. The number of hydrogen-bond donors (Lipinski definition) is 1. The molecule has 2 aliphatic rings. The average molecular weight is 548 g/mol. The number of fused-ring (bicyclic) bond motifs is 1. The molecule has 0 radical (unpaired) electrons. The van der Waals surface area contributed by atoms with E-state index in [9.17, 15) is 22.0 Å². The van der Waals surface area contributed by atoms with E-state index in [-0.39, 0.29) is 40.5 Å². The van der Waals surface area contributed by atoms with Gasteiger partial charge in [-0.05, 0) is 55.7 Å². The molecule has 2 aromatic heterocycles. The van der Waals surface area contributed by atoms with Crippen LogP contribution in [0.25, 0.3) is 11.0 Å². The van der Waals surface area contributed by atoms with Crippen molar-refractivity contribution in [3.63, 3.8) is 0 Å². The molecule has 206 valence electrons. The van der Waals surface area contributed by atoms with Crippen LogP contribution in [0, 0.1) is 11.8 Å². The first-order valence-corrected chi connectivity index (χ1v) is 14.7. The number of alkyl halides is 2. The lowest BCUT2D eigenvalue weighted by molar-refractivity contribution is -0.0473. The van der Waals surface area contributed by atoms with Crippen molar-refractivity contribution in [2.75, 3.05) is 6.54 Å². The fraction of sp³-hybridized carbons (Fsp3) is 0.593. The summed E-state index contributed by atoms with van der Waals surface area (Å²) in [6.07, 6.45) is 6.52. The van der Waals surface area contributed by atoms with Gasteiger partial charge in [-0.3, -0.25) is 4.79 Å². The summed E-state index contributed by atoms with van der Waals surface area (Å²) < 4.78 is 57.0. The number of imidazole rings is 1. The van der Waals surface area contributed by atoms with Gasteiger partial charge in [0.2, 0.25) is 5.92 Å². The van der Waals surface area contributed by atoms with E-state index in [1.807, 2.05) is 20.8 Å². The summed E-state index contributed by atoms with van der Waals surface area (Å²) >= 11 is 0. The van der Waals surface area contributed by atoms with Crippen molar-refractivity contribution in [1.82, 2.24) is 24.1 Å². The number of rotatable bonds is 7. The number of carbonyl (C=O) groups excluding carboxylic acids is 1. The van der Waals surface area contributed by atoms with Crippen molar-refractivity contribution < 1.29 is 22.0 Å². The van der Waals surface area contributed by atoms with Gasteiger partial charge in [-0.15, -0.1) is 0 Å². The van der Waals surface area contributed by atoms with E-state index in [1.54, 1.807) is 6.07 Å². The second-order valence-corrected chi connectivity index (χ2v) is 13.7. The maximum absolute atomic E-state index is 13.7. The highest BCUT2D eigenvalue weighted by Crippen LogP contribution is 2.38. The number of carbonyl (C=O) groups is 1. The Labute approximate surface area is 221 Å². The number of benzene rings is 1. The number of nitrogens with zero attached hydrogens (tertiary/aromatic N) is 4. The molecule has 0 saturated heterocycles. The van der Waals surface area contributed by atoms with E-state index >= 15 is 0 Å². The second-order valence-electron chi connectivity index (χ2n) is 11.9. The van der Waals surface area contributed by atoms with E-state index in [2.05, 4.69) is 15.0 Å². The summed E-state index contributed by atoms with van der Waals surface area (Å²) in [5.74, 6) is -1.56. The van der Waals surface area contributed by atoms with E-state index < -0.39 is 15.9 Å². The zero-order valence-corrected chi connectivity index (χ0v) is 22.9. The minimum atomic E-state index is -4.05. The molecule has 1 N–H and O–H groups in total. The van der Waals surface area contributed by atoms with Crippen LogP contribution in [0.2, 0.25) is 0 Å². The second kappa shape index (κ2) is 9.73. The summed E-state index contributed by atoms with van der Waals surface area (Å²) in [6, 6.07) is 4.75. The molecule has 38 heavy (non-hydrogen) atoms. The fourth-order valence-electron chi connectivity index (χ4n) is 5.27. The summed E-state index contributed by atoms with van der Waals surface area (Å²) in [5, 5.41) is 6.81. The standard InChI is InChI=1S/C27H35F2N5O3S/c1-26(2,3)25-32-22-13-21(7-8-23(22)33(25)16-19-9-11-27(28,29)12-10-19)38(36,37)34-17-20(15-31-34)24(35)30-14-18-5-4-6-18/h7-8,13,15,17-19H,4-6,9-12,14,16H2,1-3H3,(H,30,35). The minimum absolute atomic E-state index is 0.0111. The van der Waals surface area contributed by atoms with Gasteiger partial charge in [-0.2, -0.15) is 17.6 Å². The van der Waals surface area contributed by atoms with Crippen LogP contribution >= 0.6 is 0 Å². The first-order valence-electron chi connectivity index (χ1n) is 13.3. The Morgan fingerprint density at radius 1 is 1.13 bits per heavy atom. The Bertz CT molecular complexity index is 1440. The molecule has 11 heteroatoms. The number of nitrogens with one attached hydrogen (secondary N) is 1. The van der Waals surface area contributed by atoms with Crippen LogP contribution in [0.3, 0.4) is 0 Å². The largest absolute Gasteiger partial charge is 0.352 e. The van der Waals surface area contributed by atoms with Gasteiger partial charge < -0.3 is 9.88 Å². The van der Waals surface area contributed by atoms with Gasteiger partial charge in [0.1, 0.15) is 5.82 Å². The molecule has 5 rings (SSSR count). The van der Waals surface area contributed by atoms with Crippen LogP contribution in [0.1, 0.15) is 81.9 Å². The summed E-state index contributed by atoms with van der Waals surface area (Å²) in [7, 11) is -4.05. The van der Waals surface area contributed by atoms with Crippen molar-refractivity contribution in [3.8, 4) is 0 Å². The molecule has 1 amide bonds. The Hall–Kier alpha value is -2.82. The molecule has 0 bridgehead atoms. The molecule has 0 spiro atoms. The maximum atomic E-state index is 13.7. The van der Waals surface area contributed by atoms with Gasteiger partial charge in [-0.1, -0.05) is 27.2 Å². The van der Waals surface area contributed by atoms with Crippen LogP contribution in [0.15, 0.2) is 35.5 Å². The molecule has 2 aliphatic carbocycles. The molecular formula is C27H35F2N5O3S. The normalized spacial score (nSPS) is 19.0. The highest BCUT2D eigenvalue weighted by atomic mass is 32.2. The molecule has 0 unspecified atom stereocenters. The number of halogens is 2. The maximum Gasteiger partial charge on any atom is 0.283 e. The van der Waals surface area contributed by atoms with Gasteiger partial charge in [-0.25, -0.2) is 13.8 Å². The fourth-order valence-corrected chi connectivity index (χ4v) is 6.41. The zero-order chi connectivity index (χ0) is 27.3. The summed E-state index contributed by atoms with van der Waals surface area (Å²) in [6.45, 7) is 7.22. The van der Waals surface area contributed by atoms with Crippen molar-refractivity contribution in [2.45, 2.75) is 88.5 Å². The Morgan fingerprint density at radius 2 is 1.84 bits per heavy atom. The minimum Gasteiger partial charge on any atom is -0.352 e. The first kappa shape index (κ1) is 26.8. The highest BCUT2D eigenvalue weighted by molar-refractivity contribution is 7.89. The van der Waals surface area contributed by atoms with Crippen LogP contribution in [-0.4, -0.2) is 45.5 Å². The summed E-state index contributed by atoms with van der Waals surface area (Å²) in [4.78, 5) is 17.3. The van der Waals surface area contributed by atoms with E-state index in [1.165, 1.54) is 30.9 Å². The molecule has 8 nitrogen and oxygen atoms in total. The SMILES string of the molecule is CC(C)(C)c1nc2cc(S(=O)(=O)n3cc(C(=O)NCC4CCC4)cn3)ccc2n1CC1CCC(F)(F)CC1. The lowest BCUT2D eigenvalue weighted by Gasteiger charge is -2.30. The van der Waals surface area contributed by atoms with Gasteiger partial charge in [0.15, 0.2) is 0 Å². The average Bonchev–Trinajstić information content (AvgIpc) is 3.45. The molecular weight excluding hydrogens is 512 g/mol. The van der Waals surface area contributed by atoms with Crippen molar-refractivity contribution in [1.29, 1.82) is 0 Å². The predicted octanol–water partition coefficient (Wildman–Crippen LogP) is 5.12. The molecule has 3 aromatic rings. The van der Waals surface area contributed by atoms with Gasteiger partial charge in [0.25, 0.3) is 15.9 Å². The molecule has 0 atom stereocenters. The van der Waals surface area contributed by atoms with Crippen LogP contribution in [0.4, 0.5) is 8.78 Å². The number of hydrogen-bond acceptors (Lipinski definition) is 5. The van der Waals surface area contributed by atoms with Crippen LogP contribution in [-0.2, 0) is 22.0 Å². The Balaban J connectivity index is 1.41. The number of aromatic nitrogens is 4.